The molecule has 1 fully saturated rings. The maximum absolute atomic E-state index is 12.5. The molecule has 0 aliphatic carbocycles. The van der Waals surface area contributed by atoms with Gasteiger partial charge in [0.25, 0.3) is 0 Å². The van der Waals surface area contributed by atoms with Crippen molar-refractivity contribution in [1.29, 1.82) is 0 Å². The van der Waals surface area contributed by atoms with Crippen molar-refractivity contribution in [2.75, 3.05) is 18.4 Å². The monoisotopic (exact) mass is 399 g/mol. The van der Waals surface area contributed by atoms with Crippen LogP contribution in [0.2, 0.25) is 0 Å². The molecule has 0 radical (unpaired) electrons. The van der Waals surface area contributed by atoms with Crippen molar-refractivity contribution in [3.05, 3.63) is 29.3 Å². The highest BCUT2D eigenvalue weighted by molar-refractivity contribution is 5.81. The van der Waals surface area contributed by atoms with Crippen LogP contribution in [0.1, 0.15) is 50.3 Å². The van der Waals surface area contributed by atoms with Gasteiger partial charge in [-0.25, -0.2) is 9.97 Å². The first kappa shape index (κ1) is 21.2. The molecule has 8 nitrogen and oxygen atoms in total. The van der Waals surface area contributed by atoms with Crippen molar-refractivity contribution in [1.82, 2.24) is 25.1 Å². The fraction of sp³-hybridized carbons (Fsp3) is 0.619. The summed E-state index contributed by atoms with van der Waals surface area (Å²) in [5, 5.41) is 10.3. The minimum absolute atomic E-state index is 0.0933. The summed E-state index contributed by atoms with van der Waals surface area (Å²) in [5.74, 6) is 3.28. The van der Waals surface area contributed by atoms with Crippen LogP contribution in [-0.2, 0) is 11.2 Å². The predicted octanol–water partition coefficient (Wildman–Crippen LogP) is 2.71. The van der Waals surface area contributed by atoms with Gasteiger partial charge in [0.1, 0.15) is 11.6 Å². The normalized spacial score (nSPS) is 16.3. The molecule has 1 amide bonds. The van der Waals surface area contributed by atoms with Crippen molar-refractivity contribution < 1.29 is 4.79 Å². The number of likely N-dealkylation sites (tertiary alicyclic amines) is 1. The van der Waals surface area contributed by atoms with E-state index >= 15 is 0 Å². The number of piperidine rings is 1. The molecule has 1 atom stereocenters. The highest BCUT2D eigenvalue weighted by Crippen LogP contribution is 2.23. The summed E-state index contributed by atoms with van der Waals surface area (Å²) in [4.78, 5) is 23.5. The molecule has 0 unspecified atom stereocenters. The van der Waals surface area contributed by atoms with E-state index in [4.69, 9.17) is 5.73 Å². The molecule has 29 heavy (non-hydrogen) atoms. The number of H-pyrrole nitrogens is 1. The van der Waals surface area contributed by atoms with Crippen LogP contribution in [-0.4, -0.2) is 50.1 Å². The van der Waals surface area contributed by atoms with Crippen molar-refractivity contribution in [3.63, 3.8) is 0 Å². The fourth-order valence-electron chi connectivity index (χ4n) is 3.91. The topological polar surface area (TPSA) is 113 Å². The van der Waals surface area contributed by atoms with E-state index in [2.05, 4.69) is 39.3 Å². The van der Waals surface area contributed by atoms with Crippen molar-refractivity contribution in [2.24, 2.45) is 17.6 Å². The van der Waals surface area contributed by atoms with Gasteiger partial charge in [-0.1, -0.05) is 13.8 Å². The molecule has 2 aromatic rings. The number of nitrogens with two attached hydrogens (primary N) is 1. The summed E-state index contributed by atoms with van der Waals surface area (Å²) >= 11 is 0. The second-order valence-corrected chi connectivity index (χ2v) is 8.56. The SMILES string of the molecule is Cc1nc(CC2CCN(C(=O)[C@@H](N)CC(C)C)CC2)cc(Nc2cc(C)[nH]n2)n1. The van der Waals surface area contributed by atoms with E-state index < -0.39 is 0 Å². The largest absolute Gasteiger partial charge is 0.341 e. The molecular weight excluding hydrogens is 366 g/mol. The quantitative estimate of drug-likeness (QED) is 0.660. The number of amides is 1. The number of carbonyl (C=O) groups is 1. The number of aromatic amines is 1. The molecule has 8 heteroatoms. The van der Waals surface area contributed by atoms with E-state index in [1.165, 1.54) is 0 Å². The van der Waals surface area contributed by atoms with Crippen LogP contribution in [0.15, 0.2) is 12.1 Å². The number of aromatic nitrogens is 4. The Morgan fingerprint density at radius 1 is 1.24 bits per heavy atom. The second-order valence-electron chi connectivity index (χ2n) is 8.56. The van der Waals surface area contributed by atoms with Crippen molar-refractivity contribution >= 4 is 17.5 Å². The lowest BCUT2D eigenvalue weighted by molar-refractivity contribution is -0.134. The number of hydrogen-bond donors (Lipinski definition) is 3. The Balaban J connectivity index is 1.55. The van der Waals surface area contributed by atoms with Gasteiger partial charge < -0.3 is 16.0 Å². The number of nitrogens with one attached hydrogen (secondary N) is 2. The van der Waals surface area contributed by atoms with E-state index in [1.54, 1.807) is 0 Å². The number of anilines is 2. The van der Waals surface area contributed by atoms with E-state index in [9.17, 15) is 4.79 Å². The van der Waals surface area contributed by atoms with Gasteiger partial charge in [0.05, 0.1) is 6.04 Å². The van der Waals surface area contributed by atoms with Gasteiger partial charge in [0, 0.05) is 36.6 Å². The number of rotatable bonds is 7. The molecule has 1 aliphatic heterocycles. The zero-order chi connectivity index (χ0) is 21.0. The lowest BCUT2D eigenvalue weighted by Crippen LogP contribution is -2.47. The summed E-state index contributed by atoms with van der Waals surface area (Å²) in [6.07, 6.45) is 3.58. The molecule has 3 rings (SSSR count). The summed E-state index contributed by atoms with van der Waals surface area (Å²) in [6.45, 7) is 9.61. The van der Waals surface area contributed by atoms with Gasteiger partial charge in [-0.15, -0.1) is 0 Å². The zero-order valence-corrected chi connectivity index (χ0v) is 17.9. The van der Waals surface area contributed by atoms with Gasteiger partial charge >= 0.3 is 0 Å². The Hall–Kier alpha value is -2.48. The third kappa shape index (κ3) is 6.00. The van der Waals surface area contributed by atoms with E-state index in [-0.39, 0.29) is 11.9 Å². The van der Waals surface area contributed by atoms with Crippen LogP contribution < -0.4 is 11.1 Å². The molecule has 1 saturated heterocycles. The van der Waals surface area contributed by atoms with E-state index in [0.717, 1.165) is 67.6 Å². The van der Waals surface area contributed by atoms with Gasteiger partial charge in [0.2, 0.25) is 5.91 Å². The van der Waals surface area contributed by atoms with Crippen LogP contribution in [0.25, 0.3) is 0 Å². The maximum atomic E-state index is 12.5. The standard InChI is InChI=1S/C21H33N7O/c1-13(2)9-18(22)21(29)28-7-5-16(6-8-28)11-17-12-19(24-15(4)23-17)25-20-10-14(3)26-27-20/h10,12-13,16,18H,5-9,11,22H2,1-4H3,(H2,23,24,25,26,27)/t18-/m0/s1. The fourth-order valence-corrected chi connectivity index (χ4v) is 3.91. The van der Waals surface area contributed by atoms with E-state index in [0.29, 0.717) is 11.8 Å². The number of nitrogens with zero attached hydrogens (tertiary/aromatic N) is 4. The third-order valence-corrected chi connectivity index (χ3v) is 5.32. The van der Waals surface area contributed by atoms with Crippen LogP contribution >= 0.6 is 0 Å². The molecule has 2 aromatic heterocycles. The minimum atomic E-state index is -0.379. The van der Waals surface area contributed by atoms with Crippen molar-refractivity contribution in [3.8, 4) is 0 Å². The molecule has 3 heterocycles. The molecular formula is C21H33N7O. The Kier molecular flexibility index (Phi) is 6.84. The Morgan fingerprint density at radius 3 is 2.59 bits per heavy atom. The smallest absolute Gasteiger partial charge is 0.239 e. The third-order valence-electron chi connectivity index (χ3n) is 5.32. The molecule has 4 N–H and O–H groups in total. The maximum Gasteiger partial charge on any atom is 0.239 e. The first-order valence-corrected chi connectivity index (χ1v) is 10.5. The lowest BCUT2D eigenvalue weighted by Gasteiger charge is -2.33. The first-order chi connectivity index (χ1) is 13.8. The molecule has 0 bridgehead atoms. The van der Waals surface area contributed by atoms with Gasteiger partial charge in [-0.05, 0) is 51.4 Å². The minimum Gasteiger partial charge on any atom is -0.341 e. The number of carbonyl (C=O) groups excluding carboxylic acids is 1. The van der Waals surface area contributed by atoms with Crippen LogP contribution in [0.3, 0.4) is 0 Å². The predicted molar refractivity (Wildman–Crippen MR) is 114 cm³/mol. The van der Waals surface area contributed by atoms with Gasteiger partial charge in [-0.3, -0.25) is 9.89 Å². The highest BCUT2D eigenvalue weighted by Gasteiger charge is 2.27. The molecule has 1 aliphatic rings. The molecule has 0 spiro atoms. The number of aryl methyl sites for hydroxylation is 2. The molecule has 0 aromatic carbocycles. The number of hydrogen-bond acceptors (Lipinski definition) is 6. The molecule has 0 saturated carbocycles. The Bertz CT molecular complexity index is 824. The second kappa shape index (κ2) is 9.35. The summed E-state index contributed by atoms with van der Waals surface area (Å²) in [5.41, 5.74) is 8.10. The van der Waals surface area contributed by atoms with Crippen LogP contribution in [0, 0.1) is 25.7 Å². The highest BCUT2D eigenvalue weighted by atomic mass is 16.2. The van der Waals surface area contributed by atoms with Gasteiger partial charge in [-0.2, -0.15) is 5.10 Å². The van der Waals surface area contributed by atoms with Crippen molar-refractivity contribution in [2.45, 2.75) is 59.4 Å². The average molecular weight is 400 g/mol. The average Bonchev–Trinajstić information content (AvgIpc) is 3.05. The summed E-state index contributed by atoms with van der Waals surface area (Å²) in [6, 6.07) is 3.55. The Labute approximate surface area is 172 Å². The van der Waals surface area contributed by atoms with Crippen LogP contribution in [0.4, 0.5) is 11.6 Å². The van der Waals surface area contributed by atoms with Gasteiger partial charge in [0.15, 0.2) is 5.82 Å². The molecule has 158 valence electrons. The lowest BCUT2D eigenvalue weighted by atomic mass is 9.91. The first-order valence-electron chi connectivity index (χ1n) is 10.5. The summed E-state index contributed by atoms with van der Waals surface area (Å²) < 4.78 is 0. The Morgan fingerprint density at radius 2 is 1.97 bits per heavy atom. The van der Waals surface area contributed by atoms with Crippen LogP contribution in [0.5, 0.6) is 0 Å². The zero-order valence-electron chi connectivity index (χ0n) is 17.9. The van der Waals surface area contributed by atoms with E-state index in [1.807, 2.05) is 30.9 Å². The summed E-state index contributed by atoms with van der Waals surface area (Å²) in [7, 11) is 0.